The summed E-state index contributed by atoms with van der Waals surface area (Å²) < 4.78 is 5.74. The average molecular weight is 468 g/mol. The highest BCUT2D eigenvalue weighted by Crippen LogP contribution is 2.39. The average Bonchev–Trinajstić information content (AvgIpc) is 3.32. The fourth-order valence-electron chi connectivity index (χ4n) is 4.76. The highest BCUT2D eigenvalue weighted by atomic mass is 32.1. The molecule has 3 aromatic rings. The Hall–Kier alpha value is -3.14. The number of anilines is 1. The maximum atomic E-state index is 13.5. The molecule has 0 aromatic carbocycles. The van der Waals surface area contributed by atoms with Gasteiger partial charge in [-0.25, -0.2) is 9.67 Å². The van der Waals surface area contributed by atoms with Crippen molar-refractivity contribution in [2.75, 3.05) is 5.32 Å². The molecule has 1 aliphatic carbocycles. The molecule has 3 N–H and O–H groups in total. The summed E-state index contributed by atoms with van der Waals surface area (Å²) in [7, 11) is 1.61. The van der Waals surface area contributed by atoms with Gasteiger partial charge in [0.25, 0.3) is 5.91 Å². The van der Waals surface area contributed by atoms with Crippen LogP contribution >= 0.6 is 11.5 Å². The van der Waals surface area contributed by atoms with Crippen LogP contribution in [0.1, 0.15) is 65.3 Å². The summed E-state index contributed by atoms with van der Waals surface area (Å²) in [4.78, 5) is 31.2. The van der Waals surface area contributed by atoms with E-state index in [4.69, 9.17) is 5.73 Å². The Morgan fingerprint density at radius 2 is 1.94 bits per heavy atom. The molecule has 1 saturated carbocycles. The topological polar surface area (TPSA) is 129 Å². The number of carbonyl (C=O) groups excluding carboxylic acids is 2. The Balaban J connectivity index is 1.61. The Bertz CT molecular complexity index is 1140. The number of nitrogens with two attached hydrogens (primary N) is 1. The summed E-state index contributed by atoms with van der Waals surface area (Å²) in [5.74, 6) is -0.395. The second-order valence-electron chi connectivity index (χ2n) is 8.93. The number of aromatic nitrogens is 5. The minimum Gasteiger partial charge on any atom is -0.364 e. The molecule has 33 heavy (non-hydrogen) atoms. The predicted octanol–water partition coefficient (Wildman–Crippen LogP) is 3.60. The fraction of sp³-hybridized carbons (Fsp3) is 0.478. The molecule has 2 amide bonds. The van der Waals surface area contributed by atoms with Crippen LogP contribution in [0.2, 0.25) is 0 Å². The third kappa shape index (κ3) is 4.66. The molecule has 1 aliphatic rings. The molecule has 0 aliphatic heterocycles. The molecule has 0 saturated heterocycles. The fourth-order valence-corrected chi connectivity index (χ4v) is 5.49. The lowest BCUT2D eigenvalue weighted by molar-refractivity contribution is -0.119. The number of hydrogen-bond acceptors (Lipinski definition) is 7. The highest BCUT2D eigenvalue weighted by molar-refractivity contribution is 7.06. The molecule has 9 nitrogen and oxygen atoms in total. The van der Waals surface area contributed by atoms with Crippen LogP contribution in [0.5, 0.6) is 0 Å². The molecular formula is C23H29N7O2S. The quantitative estimate of drug-likeness (QED) is 0.570. The lowest BCUT2D eigenvalue weighted by Crippen LogP contribution is -2.32. The Kier molecular flexibility index (Phi) is 6.55. The van der Waals surface area contributed by atoms with Crippen LogP contribution in [0.25, 0.3) is 11.1 Å². The zero-order valence-corrected chi connectivity index (χ0v) is 20.1. The van der Waals surface area contributed by atoms with Crippen molar-refractivity contribution in [1.29, 1.82) is 0 Å². The number of amides is 2. The molecule has 174 valence electrons. The van der Waals surface area contributed by atoms with Crippen LogP contribution in [-0.2, 0) is 11.8 Å². The number of hydrogen-bond donors (Lipinski definition) is 2. The third-order valence-corrected chi connectivity index (χ3v) is 7.38. The summed E-state index contributed by atoms with van der Waals surface area (Å²) in [5, 5.41) is 11.1. The Morgan fingerprint density at radius 3 is 2.52 bits per heavy atom. The number of carbonyl (C=O) groups is 2. The first-order chi connectivity index (χ1) is 15.8. The highest BCUT2D eigenvalue weighted by Gasteiger charge is 2.37. The monoisotopic (exact) mass is 467 g/mol. The number of pyridine rings is 1. The lowest BCUT2D eigenvalue weighted by atomic mass is 9.74. The van der Waals surface area contributed by atoms with Gasteiger partial charge in [0.1, 0.15) is 17.2 Å². The van der Waals surface area contributed by atoms with Gasteiger partial charge in [0.2, 0.25) is 5.91 Å². The van der Waals surface area contributed by atoms with Crippen molar-refractivity contribution in [2.45, 2.75) is 52.4 Å². The van der Waals surface area contributed by atoms with Crippen LogP contribution in [0.3, 0.4) is 0 Å². The van der Waals surface area contributed by atoms with Crippen LogP contribution < -0.4 is 11.1 Å². The number of aryl methyl sites for hydroxylation is 3. The number of rotatable bonds is 6. The summed E-state index contributed by atoms with van der Waals surface area (Å²) in [6.45, 7) is 6.23. The summed E-state index contributed by atoms with van der Waals surface area (Å²) >= 11 is 1.46. The minimum absolute atomic E-state index is 0.0532. The van der Waals surface area contributed by atoms with Gasteiger partial charge in [-0.05, 0) is 62.2 Å². The Morgan fingerprint density at radius 1 is 1.21 bits per heavy atom. The summed E-state index contributed by atoms with van der Waals surface area (Å²) in [6.07, 6.45) is 5.56. The van der Waals surface area contributed by atoms with Crippen molar-refractivity contribution in [2.24, 2.45) is 24.6 Å². The first-order valence-corrected chi connectivity index (χ1v) is 11.9. The van der Waals surface area contributed by atoms with Gasteiger partial charge in [-0.2, -0.15) is 4.37 Å². The van der Waals surface area contributed by atoms with Crippen molar-refractivity contribution in [3.8, 4) is 11.1 Å². The van der Waals surface area contributed by atoms with Gasteiger partial charge < -0.3 is 11.1 Å². The van der Waals surface area contributed by atoms with E-state index in [1.807, 2.05) is 19.9 Å². The van der Waals surface area contributed by atoms with E-state index in [9.17, 15) is 9.59 Å². The van der Waals surface area contributed by atoms with E-state index in [2.05, 4.69) is 31.9 Å². The van der Waals surface area contributed by atoms with Gasteiger partial charge in [0.05, 0.1) is 11.6 Å². The van der Waals surface area contributed by atoms with E-state index in [1.165, 1.54) is 16.2 Å². The zero-order valence-electron chi connectivity index (χ0n) is 19.3. The van der Waals surface area contributed by atoms with Gasteiger partial charge in [-0.1, -0.05) is 25.0 Å². The van der Waals surface area contributed by atoms with Gasteiger partial charge in [-0.15, -0.1) is 5.10 Å². The Labute approximate surface area is 197 Å². The number of primary amides is 1. The number of nitrogens with zero attached hydrogens (tertiary/aromatic N) is 5. The van der Waals surface area contributed by atoms with Crippen molar-refractivity contribution in [1.82, 2.24) is 24.4 Å². The van der Waals surface area contributed by atoms with E-state index in [1.54, 1.807) is 19.3 Å². The molecule has 0 bridgehead atoms. The van der Waals surface area contributed by atoms with Crippen molar-refractivity contribution in [3.05, 3.63) is 40.3 Å². The molecule has 10 heteroatoms. The molecule has 1 fully saturated rings. The number of nitrogens with one attached hydrogen (secondary N) is 1. The normalized spacial score (nSPS) is 19.3. The van der Waals surface area contributed by atoms with Gasteiger partial charge >= 0.3 is 0 Å². The van der Waals surface area contributed by atoms with E-state index in [-0.39, 0.29) is 17.5 Å². The third-order valence-electron chi connectivity index (χ3n) is 6.53. The van der Waals surface area contributed by atoms with E-state index >= 15 is 0 Å². The molecule has 0 radical (unpaired) electrons. The molecule has 0 unspecified atom stereocenters. The van der Waals surface area contributed by atoms with E-state index in [0.717, 1.165) is 47.4 Å². The van der Waals surface area contributed by atoms with Crippen LogP contribution in [0, 0.1) is 25.7 Å². The largest absolute Gasteiger partial charge is 0.364 e. The predicted molar refractivity (Wildman–Crippen MR) is 127 cm³/mol. The molecule has 3 aromatic heterocycles. The van der Waals surface area contributed by atoms with Crippen molar-refractivity contribution >= 4 is 29.2 Å². The van der Waals surface area contributed by atoms with Gasteiger partial charge in [-0.3, -0.25) is 9.59 Å². The molecule has 3 heterocycles. The molecule has 1 atom stereocenters. The molecular weight excluding hydrogens is 438 g/mol. The first-order valence-electron chi connectivity index (χ1n) is 11.2. The second-order valence-corrected chi connectivity index (χ2v) is 9.91. The van der Waals surface area contributed by atoms with Crippen LogP contribution in [0.4, 0.5) is 5.82 Å². The van der Waals surface area contributed by atoms with Crippen LogP contribution in [0.15, 0.2) is 18.3 Å². The van der Waals surface area contributed by atoms with Gasteiger partial charge in [0.15, 0.2) is 0 Å². The SMILES string of the molecule is Cc1nsc(C)c1-c1ccc(NC(=O)[C@H](c2nnn(C)c2C(N)=O)C2CCC(C)CC2)nc1. The maximum Gasteiger partial charge on any atom is 0.268 e. The minimum atomic E-state index is -0.642. The smallest absolute Gasteiger partial charge is 0.268 e. The van der Waals surface area contributed by atoms with Crippen molar-refractivity contribution < 1.29 is 9.59 Å². The second kappa shape index (κ2) is 9.38. The molecule has 0 spiro atoms. The van der Waals surface area contributed by atoms with E-state index in [0.29, 0.717) is 17.4 Å². The summed E-state index contributed by atoms with van der Waals surface area (Å²) in [5.41, 5.74) is 9.11. The molecule has 4 rings (SSSR count). The standard InChI is InChI=1S/C23H29N7O2S/c1-12-5-7-15(8-6-12)19(20-21(22(24)31)30(4)29-27-20)23(32)26-17-10-9-16(11-25-17)18-13(2)28-33-14(18)3/h9-12,15,19H,5-8H2,1-4H3,(H2,24,31)(H,25,26,32)/t12?,15?,19-/m0/s1. The van der Waals surface area contributed by atoms with Crippen molar-refractivity contribution in [3.63, 3.8) is 0 Å². The zero-order chi connectivity index (χ0) is 23.7. The van der Waals surface area contributed by atoms with Crippen LogP contribution in [-0.4, -0.2) is 36.2 Å². The maximum absolute atomic E-state index is 13.5. The van der Waals surface area contributed by atoms with E-state index < -0.39 is 11.8 Å². The summed E-state index contributed by atoms with van der Waals surface area (Å²) in [6, 6.07) is 3.72. The lowest BCUT2D eigenvalue weighted by Gasteiger charge is -2.31. The first kappa shape index (κ1) is 23.0. The van der Waals surface area contributed by atoms with Gasteiger partial charge in [0, 0.05) is 29.2 Å².